The van der Waals surface area contributed by atoms with Crippen LogP contribution in [0.5, 0.6) is 0 Å². The minimum absolute atomic E-state index is 0.0890. The van der Waals surface area contributed by atoms with E-state index < -0.39 is 8.32 Å². The van der Waals surface area contributed by atoms with Crippen molar-refractivity contribution in [2.24, 2.45) is 0 Å². The van der Waals surface area contributed by atoms with Crippen LogP contribution in [0.15, 0.2) is 48.7 Å². The van der Waals surface area contributed by atoms with Crippen molar-refractivity contribution >= 4 is 31.8 Å². The fraction of sp³-hybridized carbons (Fsp3) is 0.444. The molecule has 2 amide bonds. The van der Waals surface area contributed by atoms with Gasteiger partial charge in [0.2, 0.25) is 0 Å². The van der Waals surface area contributed by atoms with Crippen molar-refractivity contribution in [1.82, 2.24) is 20.1 Å². The van der Waals surface area contributed by atoms with Crippen LogP contribution in [0.3, 0.4) is 0 Å². The van der Waals surface area contributed by atoms with E-state index in [4.69, 9.17) is 16.7 Å². The summed E-state index contributed by atoms with van der Waals surface area (Å²) in [5, 5.41) is 11.0. The first-order valence-corrected chi connectivity index (χ1v) is 15.6. The number of hydrogen-bond donors (Lipinski definition) is 3. The smallest absolute Gasteiger partial charge is 0.320 e. The van der Waals surface area contributed by atoms with E-state index in [2.05, 4.69) is 50.2 Å². The van der Waals surface area contributed by atoms with Crippen LogP contribution in [0.25, 0.3) is 5.69 Å². The van der Waals surface area contributed by atoms with E-state index in [1.807, 2.05) is 54.2 Å². The number of carbonyl (C=O) groups is 1. The van der Waals surface area contributed by atoms with Gasteiger partial charge in [-0.2, -0.15) is 5.10 Å². The fourth-order valence-electron chi connectivity index (χ4n) is 3.48. The first kappa shape index (κ1) is 27.9. The fourth-order valence-corrected chi connectivity index (χ4v) is 4.41. The van der Waals surface area contributed by atoms with Gasteiger partial charge in [-0.05, 0) is 66.9 Å². The minimum Gasteiger partial charge on any atom is -0.432 e. The van der Waals surface area contributed by atoms with Crippen LogP contribution in [0, 0.1) is 0 Å². The quantitative estimate of drug-likeness (QED) is 0.293. The van der Waals surface area contributed by atoms with Crippen molar-refractivity contribution in [3.63, 3.8) is 0 Å². The molecular formula is C27H38ClN5O2Si. The lowest BCUT2D eigenvalue weighted by atomic mass is 9.92. The Kier molecular flexibility index (Phi) is 8.32. The number of nitrogens with zero attached hydrogens (tertiary/aromatic N) is 3. The number of urea groups is 1. The van der Waals surface area contributed by atoms with Crippen LogP contribution in [0.1, 0.15) is 58.0 Å². The number of benzene rings is 1. The number of carbonyl (C=O) groups excluding carboxylic acids is 1. The number of halogens is 1. The highest BCUT2D eigenvalue weighted by Crippen LogP contribution is 2.39. The summed E-state index contributed by atoms with van der Waals surface area (Å²) in [5.74, 6) is 0.478. The normalized spacial score (nSPS) is 12.5. The summed E-state index contributed by atoms with van der Waals surface area (Å²) in [6.07, 6.45) is 3.49. The molecule has 3 N–H and O–H groups in total. The molecule has 1 aromatic carbocycles. The predicted octanol–water partition coefficient (Wildman–Crippen LogP) is 6.45. The third-order valence-electron chi connectivity index (χ3n) is 6.80. The van der Waals surface area contributed by atoms with Gasteiger partial charge in [0.15, 0.2) is 8.32 Å². The molecule has 0 spiro atoms. The first-order chi connectivity index (χ1) is 16.7. The zero-order valence-electron chi connectivity index (χ0n) is 22.3. The molecule has 194 valence electrons. The lowest BCUT2D eigenvalue weighted by Crippen LogP contribution is -2.39. The summed E-state index contributed by atoms with van der Waals surface area (Å²) < 4.78 is 1.82. The molecule has 0 aliphatic heterocycles. The molecule has 7 nitrogen and oxygen atoms in total. The summed E-state index contributed by atoms with van der Waals surface area (Å²) >= 11 is 6.20. The van der Waals surface area contributed by atoms with Crippen molar-refractivity contribution in [2.75, 3.05) is 5.32 Å². The molecule has 0 radical (unpaired) electrons. The van der Waals surface area contributed by atoms with Gasteiger partial charge >= 0.3 is 6.03 Å². The van der Waals surface area contributed by atoms with Crippen molar-refractivity contribution in [3.8, 4) is 5.69 Å². The minimum atomic E-state index is -2.24. The standard InChI is InChI=1S/C27H38ClN5O2Si/c1-26(2,3)23-16-22(33(32-23)21-10-8-9-20(28)15-21)18-30-25(34)31-24-12-11-19(17-29-24)13-14-27(4,5)36(6,7)35/h8-12,15-17,35H,13-14,18H2,1-7H3,(H2,29,30,31,34). The second-order valence-electron chi connectivity index (χ2n) is 11.5. The highest BCUT2D eigenvalue weighted by molar-refractivity contribution is 6.72. The Hall–Kier alpha value is -2.68. The largest absolute Gasteiger partial charge is 0.432 e. The summed E-state index contributed by atoms with van der Waals surface area (Å²) in [6, 6.07) is 12.9. The lowest BCUT2D eigenvalue weighted by molar-refractivity contribution is 0.251. The SMILES string of the molecule is CC(C)(C)c1cc(CNC(=O)Nc2ccc(CCC(C)(C)[Si](C)(C)O)cn2)n(-c2cccc(Cl)c2)n1. The molecule has 0 aliphatic rings. The van der Waals surface area contributed by atoms with Gasteiger partial charge in [-0.1, -0.05) is 58.4 Å². The van der Waals surface area contributed by atoms with Crippen LogP contribution in [0.2, 0.25) is 23.2 Å². The van der Waals surface area contributed by atoms with Gasteiger partial charge in [-0.15, -0.1) is 0 Å². The molecule has 0 saturated heterocycles. The molecule has 2 aromatic heterocycles. The molecule has 3 rings (SSSR count). The zero-order chi connectivity index (χ0) is 26.7. The summed E-state index contributed by atoms with van der Waals surface area (Å²) in [7, 11) is -2.24. The van der Waals surface area contributed by atoms with Crippen LogP contribution in [0.4, 0.5) is 10.6 Å². The Morgan fingerprint density at radius 3 is 2.42 bits per heavy atom. The van der Waals surface area contributed by atoms with E-state index in [1.54, 1.807) is 12.3 Å². The number of amides is 2. The molecule has 0 atom stereocenters. The van der Waals surface area contributed by atoms with Gasteiger partial charge in [-0.3, -0.25) is 5.32 Å². The molecule has 0 bridgehead atoms. The maximum Gasteiger partial charge on any atom is 0.320 e. The number of anilines is 1. The number of hydrogen-bond acceptors (Lipinski definition) is 4. The van der Waals surface area contributed by atoms with E-state index in [-0.39, 0.29) is 23.0 Å². The van der Waals surface area contributed by atoms with Gasteiger partial charge in [-0.25, -0.2) is 14.5 Å². The Balaban J connectivity index is 1.64. The van der Waals surface area contributed by atoms with E-state index in [9.17, 15) is 9.59 Å². The summed E-state index contributed by atoms with van der Waals surface area (Å²) in [5.41, 5.74) is 3.54. The Morgan fingerprint density at radius 1 is 1.11 bits per heavy atom. The summed E-state index contributed by atoms with van der Waals surface area (Å²) in [4.78, 5) is 27.5. The van der Waals surface area contributed by atoms with Gasteiger partial charge in [0.25, 0.3) is 0 Å². The van der Waals surface area contributed by atoms with Gasteiger partial charge < -0.3 is 10.1 Å². The van der Waals surface area contributed by atoms with Crippen molar-refractivity contribution in [1.29, 1.82) is 0 Å². The second-order valence-corrected chi connectivity index (χ2v) is 16.4. The van der Waals surface area contributed by atoms with Gasteiger partial charge in [0, 0.05) is 16.6 Å². The molecule has 36 heavy (non-hydrogen) atoms. The molecule has 0 saturated carbocycles. The van der Waals surface area contributed by atoms with Crippen molar-refractivity contribution in [3.05, 3.63) is 70.6 Å². The maximum absolute atomic E-state index is 12.6. The number of pyridine rings is 1. The molecule has 0 unspecified atom stereocenters. The third kappa shape index (κ3) is 7.18. The number of aryl methyl sites for hydroxylation is 1. The van der Waals surface area contributed by atoms with Crippen LogP contribution >= 0.6 is 11.6 Å². The highest BCUT2D eigenvalue weighted by Gasteiger charge is 2.37. The Labute approximate surface area is 220 Å². The maximum atomic E-state index is 12.6. The van der Waals surface area contributed by atoms with E-state index in [0.29, 0.717) is 10.8 Å². The van der Waals surface area contributed by atoms with Crippen LogP contribution in [-0.4, -0.2) is 33.9 Å². The average Bonchev–Trinajstić information content (AvgIpc) is 3.21. The molecule has 0 fully saturated rings. The molecule has 2 heterocycles. The number of aromatic nitrogens is 3. The van der Waals surface area contributed by atoms with Crippen molar-refractivity contribution < 1.29 is 9.59 Å². The van der Waals surface area contributed by atoms with E-state index >= 15 is 0 Å². The topological polar surface area (TPSA) is 92.1 Å². The molecule has 9 heteroatoms. The summed E-state index contributed by atoms with van der Waals surface area (Å²) in [6.45, 7) is 14.8. The average molecular weight is 528 g/mol. The molecule has 0 aliphatic carbocycles. The monoisotopic (exact) mass is 527 g/mol. The lowest BCUT2D eigenvalue weighted by Gasteiger charge is -2.35. The van der Waals surface area contributed by atoms with E-state index in [1.165, 1.54) is 0 Å². The second kappa shape index (κ2) is 10.7. The molecular weight excluding hydrogens is 490 g/mol. The Bertz CT molecular complexity index is 1190. The third-order valence-corrected chi connectivity index (χ3v) is 10.6. The highest BCUT2D eigenvalue weighted by atomic mass is 35.5. The molecule has 3 aromatic rings. The van der Waals surface area contributed by atoms with Crippen LogP contribution in [-0.2, 0) is 18.4 Å². The first-order valence-electron chi connectivity index (χ1n) is 12.2. The predicted molar refractivity (Wildman–Crippen MR) is 149 cm³/mol. The van der Waals surface area contributed by atoms with Gasteiger partial charge in [0.1, 0.15) is 5.82 Å². The van der Waals surface area contributed by atoms with E-state index in [0.717, 1.165) is 35.5 Å². The zero-order valence-corrected chi connectivity index (χ0v) is 24.1. The number of nitrogens with one attached hydrogen (secondary N) is 2. The van der Waals surface area contributed by atoms with Crippen molar-refractivity contribution in [2.45, 2.75) is 77.6 Å². The van der Waals surface area contributed by atoms with Crippen LogP contribution < -0.4 is 10.6 Å². The number of rotatable bonds is 8. The van der Waals surface area contributed by atoms with Gasteiger partial charge in [0.05, 0.1) is 23.6 Å². The Morgan fingerprint density at radius 2 is 1.83 bits per heavy atom.